The summed E-state index contributed by atoms with van der Waals surface area (Å²) in [5.74, 6) is -0.114. The Morgan fingerprint density at radius 3 is 2.82 bits per heavy atom. The molecule has 1 rings (SSSR count). The first kappa shape index (κ1) is 13.4. The van der Waals surface area contributed by atoms with Gasteiger partial charge in [-0.25, -0.2) is 9.78 Å². The Balaban J connectivity index is 2.45. The van der Waals surface area contributed by atoms with E-state index in [1.54, 1.807) is 5.51 Å². The molecule has 0 unspecified atom stereocenters. The Hall–Kier alpha value is -1.63. The highest BCUT2D eigenvalue weighted by molar-refractivity contribution is 7.10. The highest BCUT2D eigenvalue weighted by atomic mass is 32.1. The van der Waals surface area contributed by atoms with E-state index in [-0.39, 0.29) is 18.9 Å². The van der Waals surface area contributed by atoms with Crippen LogP contribution in [0.4, 0.5) is 10.6 Å². The van der Waals surface area contributed by atoms with Crippen molar-refractivity contribution in [1.29, 1.82) is 0 Å². The van der Waals surface area contributed by atoms with Crippen LogP contribution in [0, 0.1) is 0 Å². The van der Waals surface area contributed by atoms with Gasteiger partial charge < -0.3 is 10.4 Å². The maximum absolute atomic E-state index is 11.4. The first-order chi connectivity index (χ1) is 8.00. The SMILES string of the molecule is CC(C)c1scnc1NC(=O)NCCC(=O)O. The molecule has 0 saturated carbocycles. The number of hydrogen-bond donors (Lipinski definition) is 3. The van der Waals surface area contributed by atoms with Crippen molar-refractivity contribution in [2.75, 3.05) is 11.9 Å². The summed E-state index contributed by atoms with van der Waals surface area (Å²) < 4.78 is 0. The number of amides is 2. The monoisotopic (exact) mass is 257 g/mol. The van der Waals surface area contributed by atoms with Crippen molar-refractivity contribution in [2.24, 2.45) is 0 Å². The third-order valence-electron chi connectivity index (χ3n) is 1.98. The number of aromatic nitrogens is 1. The smallest absolute Gasteiger partial charge is 0.320 e. The van der Waals surface area contributed by atoms with Crippen LogP contribution in [0.2, 0.25) is 0 Å². The number of thiazole rings is 1. The Morgan fingerprint density at radius 2 is 2.24 bits per heavy atom. The van der Waals surface area contributed by atoms with Gasteiger partial charge in [0.05, 0.1) is 16.8 Å². The van der Waals surface area contributed by atoms with Crippen molar-refractivity contribution < 1.29 is 14.7 Å². The van der Waals surface area contributed by atoms with Gasteiger partial charge in [-0.1, -0.05) is 13.8 Å². The standard InChI is InChI=1S/C10H15N3O3S/c1-6(2)8-9(12-5-17-8)13-10(16)11-4-3-7(14)15/h5-6H,3-4H2,1-2H3,(H,14,15)(H2,11,13,16). The van der Waals surface area contributed by atoms with Gasteiger partial charge in [0.1, 0.15) is 5.82 Å². The lowest BCUT2D eigenvalue weighted by Gasteiger charge is -2.07. The molecular weight excluding hydrogens is 242 g/mol. The first-order valence-electron chi connectivity index (χ1n) is 5.20. The van der Waals surface area contributed by atoms with E-state index in [1.165, 1.54) is 11.3 Å². The van der Waals surface area contributed by atoms with Crippen LogP contribution in [0.5, 0.6) is 0 Å². The van der Waals surface area contributed by atoms with E-state index in [0.29, 0.717) is 5.82 Å². The van der Waals surface area contributed by atoms with E-state index in [4.69, 9.17) is 5.11 Å². The fraction of sp³-hybridized carbons (Fsp3) is 0.500. The number of nitrogens with zero attached hydrogens (tertiary/aromatic N) is 1. The maximum Gasteiger partial charge on any atom is 0.320 e. The van der Waals surface area contributed by atoms with Crippen LogP contribution in [-0.4, -0.2) is 28.6 Å². The molecule has 0 atom stereocenters. The molecule has 0 aliphatic heterocycles. The predicted molar refractivity (Wildman–Crippen MR) is 65.5 cm³/mol. The Labute approximate surface area is 103 Å². The molecule has 1 aromatic heterocycles. The summed E-state index contributed by atoms with van der Waals surface area (Å²) in [6.45, 7) is 4.13. The molecule has 0 fully saturated rings. The van der Waals surface area contributed by atoms with Crippen LogP contribution in [0.3, 0.4) is 0 Å². The molecule has 0 radical (unpaired) electrons. The van der Waals surface area contributed by atoms with Crippen molar-refractivity contribution >= 4 is 29.2 Å². The van der Waals surface area contributed by atoms with Gasteiger partial charge in [-0.3, -0.25) is 10.1 Å². The number of carboxylic acid groups (broad SMARTS) is 1. The zero-order valence-corrected chi connectivity index (χ0v) is 10.5. The molecule has 17 heavy (non-hydrogen) atoms. The summed E-state index contributed by atoms with van der Waals surface area (Å²) >= 11 is 1.48. The summed E-state index contributed by atoms with van der Waals surface area (Å²) in [5.41, 5.74) is 1.67. The number of urea groups is 1. The van der Waals surface area contributed by atoms with Gasteiger partial charge in [0.2, 0.25) is 0 Å². The number of carbonyl (C=O) groups is 2. The van der Waals surface area contributed by atoms with Crippen molar-refractivity contribution in [3.05, 3.63) is 10.4 Å². The minimum atomic E-state index is -0.943. The minimum absolute atomic E-state index is 0.0957. The van der Waals surface area contributed by atoms with Crippen LogP contribution in [0.1, 0.15) is 31.1 Å². The first-order valence-corrected chi connectivity index (χ1v) is 6.08. The van der Waals surface area contributed by atoms with Gasteiger partial charge in [0.15, 0.2) is 0 Å². The Bertz CT molecular complexity index is 403. The van der Waals surface area contributed by atoms with Crippen molar-refractivity contribution in [1.82, 2.24) is 10.3 Å². The van der Waals surface area contributed by atoms with E-state index < -0.39 is 12.0 Å². The highest BCUT2D eigenvalue weighted by Gasteiger charge is 2.12. The predicted octanol–water partition coefficient (Wildman–Crippen LogP) is 1.86. The van der Waals surface area contributed by atoms with Crippen molar-refractivity contribution in [3.8, 4) is 0 Å². The van der Waals surface area contributed by atoms with Gasteiger partial charge in [-0.2, -0.15) is 0 Å². The second-order valence-corrected chi connectivity index (χ2v) is 4.63. The van der Waals surface area contributed by atoms with Crippen LogP contribution < -0.4 is 10.6 Å². The number of rotatable bonds is 5. The van der Waals surface area contributed by atoms with Crippen molar-refractivity contribution in [3.63, 3.8) is 0 Å². The van der Waals surface area contributed by atoms with E-state index in [9.17, 15) is 9.59 Å². The van der Waals surface area contributed by atoms with E-state index in [0.717, 1.165) is 4.88 Å². The molecule has 0 spiro atoms. The Kier molecular flexibility index (Phi) is 4.89. The minimum Gasteiger partial charge on any atom is -0.481 e. The normalized spacial score (nSPS) is 10.3. The average molecular weight is 257 g/mol. The quantitative estimate of drug-likeness (QED) is 0.750. The summed E-state index contributed by atoms with van der Waals surface area (Å²) in [7, 11) is 0. The van der Waals surface area contributed by atoms with Crippen LogP contribution in [0.25, 0.3) is 0 Å². The van der Waals surface area contributed by atoms with Crippen LogP contribution in [0.15, 0.2) is 5.51 Å². The summed E-state index contributed by atoms with van der Waals surface area (Å²) in [4.78, 5) is 26.7. The molecule has 3 N–H and O–H groups in total. The van der Waals surface area contributed by atoms with E-state index in [1.807, 2.05) is 13.8 Å². The lowest BCUT2D eigenvalue weighted by atomic mass is 10.2. The number of carbonyl (C=O) groups excluding carboxylic acids is 1. The van der Waals surface area contributed by atoms with Gasteiger partial charge >= 0.3 is 12.0 Å². The van der Waals surface area contributed by atoms with Crippen molar-refractivity contribution in [2.45, 2.75) is 26.2 Å². The number of carboxylic acids is 1. The molecule has 6 nitrogen and oxygen atoms in total. The summed E-state index contributed by atoms with van der Waals surface area (Å²) in [6, 6.07) is -0.431. The topological polar surface area (TPSA) is 91.3 Å². The number of nitrogens with one attached hydrogen (secondary N) is 2. The van der Waals surface area contributed by atoms with Gasteiger partial charge in [0.25, 0.3) is 0 Å². The molecule has 0 saturated heterocycles. The number of aliphatic carboxylic acids is 1. The second-order valence-electron chi connectivity index (χ2n) is 3.74. The highest BCUT2D eigenvalue weighted by Crippen LogP contribution is 2.26. The van der Waals surface area contributed by atoms with Crippen LogP contribution >= 0.6 is 11.3 Å². The number of hydrogen-bond acceptors (Lipinski definition) is 4. The summed E-state index contributed by atoms with van der Waals surface area (Å²) in [5, 5.41) is 13.5. The largest absolute Gasteiger partial charge is 0.481 e. The maximum atomic E-state index is 11.4. The van der Waals surface area contributed by atoms with Crippen LogP contribution in [-0.2, 0) is 4.79 Å². The average Bonchev–Trinajstić information content (AvgIpc) is 2.65. The third-order valence-corrected chi connectivity index (χ3v) is 3.11. The second kappa shape index (κ2) is 6.19. The molecule has 7 heteroatoms. The Morgan fingerprint density at radius 1 is 1.53 bits per heavy atom. The van der Waals surface area contributed by atoms with Gasteiger partial charge in [0, 0.05) is 6.54 Å². The molecule has 94 valence electrons. The molecule has 1 aromatic rings. The van der Waals surface area contributed by atoms with Gasteiger partial charge in [-0.15, -0.1) is 11.3 Å². The number of anilines is 1. The van der Waals surface area contributed by atoms with E-state index >= 15 is 0 Å². The molecular formula is C10H15N3O3S. The fourth-order valence-corrected chi connectivity index (χ4v) is 1.95. The molecule has 0 aliphatic carbocycles. The zero-order valence-electron chi connectivity index (χ0n) is 9.69. The molecule has 0 aliphatic rings. The van der Waals surface area contributed by atoms with E-state index in [2.05, 4.69) is 15.6 Å². The third kappa shape index (κ3) is 4.39. The molecule has 1 heterocycles. The lowest BCUT2D eigenvalue weighted by Crippen LogP contribution is -2.31. The molecule has 0 bridgehead atoms. The van der Waals surface area contributed by atoms with Gasteiger partial charge in [-0.05, 0) is 5.92 Å². The molecule has 2 amide bonds. The summed E-state index contributed by atoms with van der Waals surface area (Å²) in [6.07, 6.45) is -0.0957. The fourth-order valence-electron chi connectivity index (χ4n) is 1.19. The molecule has 0 aromatic carbocycles. The lowest BCUT2D eigenvalue weighted by molar-refractivity contribution is -0.136. The zero-order chi connectivity index (χ0) is 12.8.